The van der Waals surface area contributed by atoms with Gasteiger partial charge in [0.2, 0.25) is 0 Å². The summed E-state index contributed by atoms with van der Waals surface area (Å²) in [7, 11) is 1.37. The molecule has 4 saturated heterocycles. The second kappa shape index (κ2) is 16.9. The Kier molecular flexibility index (Phi) is 11.9. The fourth-order valence-electron chi connectivity index (χ4n) is 12.9. The van der Waals surface area contributed by atoms with Crippen molar-refractivity contribution in [2.45, 2.75) is 136 Å². The van der Waals surface area contributed by atoms with Crippen LogP contribution in [-0.2, 0) is 57.0 Å². The second-order valence-corrected chi connectivity index (χ2v) is 19.8. The van der Waals surface area contributed by atoms with Gasteiger partial charge in [0.05, 0.1) is 35.2 Å². The maximum Gasteiger partial charge on any atom is 0.338 e. The van der Waals surface area contributed by atoms with Crippen LogP contribution in [0.2, 0.25) is 0 Å². The Labute approximate surface area is 389 Å². The molecule has 10 fully saturated rings. The van der Waals surface area contributed by atoms with Crippen LogP contribution in [0, 0.1) is 22.7 Å². The zero-order valence-electron chi connectivity index (χ0n) is 37.4. The van der Waals surface area contributed by atoms with Crippen molar-refractivity contribution in [3.8, 4) is 0 Å². The minimum atomic E-state index is -1.91. The lowest BCUT2D eigenvalue weighted by Gasteiger charge is -2.66. The summed E-state index contributed by atoms with van der Waals surface area (Å²) in [6.07, 6.45) is -20.3. The summed E-state index contributed by atoms with van der Waals surface area (Å²) in [6.45, 7) is 0.883. The van der Waals surface area contributed by atoms with Crippen LogP contribution in [0.3, 0.4) is 0 Å². The second-order valence-electron chi connectivity index (χ2n) is 19.8. The van der Waals surface area contributed by atoms with E-state index in [1.165, 1.54) is 19.2 Å². The van der Waals surface area contributed by atoms with E-state index in [1.54, 1.807) is 62.4 Å². The van der Waals surface area contributed by atoms with Gasteiger partial charge in [-0.3, -0.25) is 9.59 Å². The SMILES string of the molecule is CO[C@H]1O[C@]2(C)CC(=O)[C@@H]3C[C@@]2(O[C@@H]2O[C@H](CO[C@H]4O[C@]5(C)CC(=O)C6C[C@]5(O[C@@H]5O[C@H](CO)[C@H](O)[C@H](O)[C@H]5O)[C@]64COC(=O)c4ccccc4)[C@H](O)[C@H](O)[C@H]2O)[C@]13COC(=O)c1ccccc1. The number of hydrogen-bond acceptors (Lipinski definition) is 21. The molecule has 7 N–H and O–H groups in total. The first-order chi connectivity index (χ1) is 32.4. The first kappa shape index (κ1) is 47.8. The molecule has 0 spiro atoms. The number of ether oxygens (including phenoxy) is 10. The zero-order valence-corrected chi connectivity index (χ0v) is 37.4. The summed E-state index contributed by atoms with van der Waals surface area (Å²) in [4.78, 5) is 54.4. The minimum absolute atomic E-state index is 0.0438. The summed E-state index contributed by atoms with van der Waals surface area (Å²) in [6, 6.07) is 16.2. The van der Waals surface area contributed by atoms with Crippen LogP contribution in [0.15, 0.2) is 60.7 Å². The lowest BCUT2D eigenvalue weighted by molar-refractivity contribution is -0.388. The fraction of sp³-hybridized carbons (Fsp3) is 0.660. The zero-order chi connectivity index (χ0) is 48.3. The molecule has 4 aliphatic heterocycles. The molecule has 68 heavy (non-hydrogen) atoms. The standard InChI is InChI=1S/C47H56O21/c1-42-16-26(49)24-14-46(42,44(24,40(59-3)67-42)20-61-36(57)22-10-6-4-7-11-22)66-39-35(56)33(54)31(52)29(64-39)19-60-41-45(21-62-37(58)23-12-8-5-9-13-23)25-15-47(45,43(2,68-41)17-27(25)50)65-38-34(55)32(53)30(51)28(18-48)63-38/h4-13,24-25,28-35,38-41,48,51-56H,14-21H2,1-3H3/t24-,25?,28+,29+,30-,31-,32-,33-,34+,35+,38-,39-,40-,41-,42+,43+,44-,45+,46-,47+/m0/s1. The van der Waals surface area contributed by atoms with Crippen LogP contribution in [0.5, 0.6) is 0 Å². The molecule has 21 nitrogen and oxygen atoms in total. The molecule has 20 atom stereocenters. The number of benzene rings is 2. The van der Waals surface area contributed by atoms with Crippen molar-refractivity contribution in [1.29, 1.82) is 0 Å². The number of fused-ring (bicyclic) bond motifs is 2. The Bertz CT molecular complexity index is 2280. The van der Waals surface area contributed by atoms with Gasteiger partial charge in [-0.1, -0.05) is 36.4 Å². The van der Waals surface area contributed by atoms with Crippen molar-refractivity contribution < 1.29 is 102 Å². The van der Waals surface area contributed by atoms with Crippen LogP contribution < -0.4 is 0 Å². The van der Waals surface area contributed by atoms with Crippen LogP contribution in [0.4, 0.5) is 0 Å². The molecular weight excluding hydrogens is 900 g/mol. The average Bonchev–Trinajstić information content (AvgIpc) is 3.47. The highest BCUT2D eigenvalue weighted by Crippen LogP contribution is 2.76. The van der Waals surface area contributed by atoms with Gasteiger partial charge in [-0.25, -0.2) is 9.59 Å². The quantitative estimate of drug-likeness (QED) is 0.102. The van der Waals surface area contributed by atoms with E-state index in [1.807, 2.05) is 0 Å². The van der Waals surface area contributed by atoms with E-state index in [-0.39, 0.29) is 48.4 Å². The molecule has 4 heterocycles. The smallest absolute Gasteiger partial charge is 0.338 e. The number of Topliss-reactive ketones (excluding diaryl/α,β-unsaturated/α-hetero) is 2. The molecule has 12 rings (SSSR count). The Morgan fingerprint density at radius 1 is 0.618 bits per heavy atom. The lowest BCUT2D eigenvalue weighted by atomic mass is 9.41. The topological polar surface area (TPSA) is 302 Å². The first-order valence-corrected chi connectivity index (χ1v) is 22.7. The Morgan fingerprint density at radius 3 is 1.50 bits per heavy atom. The highest BCUT2D eigenvalue weighted by molar-refractivity contribution is 5.91. The summed E-state index contributed by atoms with van der Waals surface area (Å²) in [5, 5.41) is 76.7. The van der Waals surface area contributed by atoms with Gasteiger partial charge in [0.1, 0.15) is 96.0 Å². The van der Waals surface area contributed by atoms with E-state index < -0.39 is 157 Å². The van der Waals surface area contributed by atoms with Gasteiger partial charge in [0, 0.05) is 31.8 Å². The molecule has 1 unspecified atom stereocenters. The fourth-order valence-corrected chi connectivity index (χ4v) is 12.9. The van der Waals surface area contributed by atoms with Gasteiger partial charge in [0.15, 0.2) is 25.2 Å². The van der Waals surface area contributed by atoms with E-state index >= 15 is 0 Å². The number of aliphatic hydroxyl groups is 7. The Balaban J connectivity index is 0.937. The van der Waals surface area contributed by atoms with Crippen LogP contribution in [-0.4, -0.2) is 189 Å². The summed E-state index contributed by atoms with van der Waals surface area (Å²) in [5.41, 5.74) is -8.88. The third-order valence-electron chi connectivity index (χ3n) is 16.5. The van der Waals surface area contributed by atoms with E-state index in [4.69, 9.17) is 47.4 Å². The molecule has 0 amide bonds. The maximum atomic E-state index is 14.0. The Hall–Kier alpha value is -3.88. The normalized spacial score (nSPS) is 47.5. The number of hydrogen-bond donors (Lipinski definition) is 7. The van der Waals surface area contributed by atoms with Gasteiger partial charge in [-0.05, 0) is 51.0 Å². The van der Waals surface area contributed by atoms with Crippen molar-refractivity contribution in [3.05, 3.63) is 71.8 Å². The minimum Gasteiger partial charge on any atom is -0.461 e. The van der Waals surface area contributed by atoms with Crippen LogP contribution in [0.1, 0.15) is 60.2 Å². The third kappa shape index (κ3) is 6.49. The third-order valence-corrected chi connectivity index (χ3v) is 16.5. The van der Waals surface area contributed by atoms with Crippen molar-refractivity contribution in [3.63, 3.8) is 0 Å². The molecule has 21 heteroatoms. The van der Waals surface area contributed by atoms with Gasteiger partial charge >= 0.3 is 11.9 Å². The van der Waals surface area contributed by atoms with Crippen molar-refractivity contribution >= 4 is 23.5 Å². The molecule has 2 aromatic rings. The number of ketones is 2. The summed E-state index contributed by atoms with van der Waals surface area (Å²) in [5.74, 6) is -3.63. The number of carbonyl (C=O) groups excluding carboxylic acids is 4. The molecule has 6 aliphatic carbocycles. The van der Waals surface area contributed by atoms with Gasteiger partial charge in [-0.15, -0.1) is 0 Å². The molecule has 2 aromatic carbocycles. The molecule has 370 valence electrons. The predicted octanol–water partition coefficient (Wildman–Crippen LogP) is -1.33. The van der Waals surface area contributed by atoms with Crippen LogP contribution >= 0.6 is 0 Å². The largest absolute Gasteiger partial charge is 0.461 e. The first-order valence-electron chi connectivity index (χ1n) is 22.7. The van der Waals surface area contributed by atoms with Crippen LogP contribution in [0.25, 0.3) is 0 Å². The van der Waals surface area contributed by atoms with Gasteiger partial charge in [-0.2, -0.15) is 0 Å². The van der Waals surface area contributed by atoms with Gasteiger partial charge < -0.3 is 83.1 Å². The van der Waals surface area contributed by atoms with Crippen molar-refractivity contribution in [2.75, 3.05) is 33.5 Å². The van der Waals surface area contributed by atoms with Gasteiger partial charge in [0.25, 0.3) is 0 Å². The van der Waals surface area contributed by atoms with Crippen molar-refractivity contribution in [2.24, 2.45) is 22.7 Å². The molecule has 0 aromatic heterocycles. The Morgan fingerprint density at radius 2 is 1.04 bits per heavy atom. The number of methoxy groups -OCH3 is 1. The number of carbonyl (C=O) groups is 4. The van der Waals surface area contributed by atoms with E-state index in [0.29, 0.717) is 0 Å². The molecule has 6 saturated carbocycles. The summed E-state index contributed by atoms with van der Waals surface area (Å²) >= 11 is 0. The molecule has 0 radical (unpaired) electrons. The number of aliphatic hydroxyl groups excluding tert-OH is 7. The highest BCUT2D eigenvalue weighted by Gasteiger charge is 2.89. The van der Waals surface area contributed by atoms with E-state index in [2.05, 4.69) is 0 Å². The average molecular weight is 957 g/mol. The predicted molar refractivity (Wildman–Crippen MR) is 221 cm³/mol. The number of esters is 2. The molecular formula is C47H56O21. The molecule has 8 bridgehead atoms. The molecule has 10 aliphatic rings. The lowest BCUT2D eigenvalue weighted by Crippen LogP contribution is -2.80. The highest BCUT2D eigenvalue weighted by atomic mass is 16.8. The number of rotatable bonds is 15. The maximum absolute atomic E-state index is 14.0. The van der Waals surface area contributed by atoms with Crippen molar-refractivity contribution in [1.82, 2.24) is 0 Å². The van der Waals surface area contributed by atoms with E-state index in [9.17, 15) is 54.9 Å². The monoisotopic (exact) mass is 956 g/mol. The summed E-state index contributed by atoms with van der Waals surface area (Å²) < 4.78 is 62.4. The van der Waals surface area contributed by atoms with E-state index in [0.717, 1.165) is 0 Å².